The topological polar surface area (TPSA) is 21.3 Å². The second-order valence-electron chi connectivity index (χ2n) is 4.96. The van der Waals surface area contributed by atoms with Gasteiger partial charge in [-0.15, -0.1) is 0 Å². The number of fused-ring (bicyclic) bond motifs is 1. The van der Waals surface area contributed by atoms with Crippen LogP contribution in [-0.2, 0) is 0 Å². The molecule has 3 rings (SSSR count). The van der Waals surface area contributed by atoms with E-state index < -0.39 is 0 Å². The fourth-order valence-corrected chi connectivity index (χ4v) is 3.01. The van der Waals surface area contributed by atoms with Crippen molar-refractivity contribution in [3.63, 3.8) is 0 Å². The average Bonchev–Trinajstić information content (AvgIpc) is 2.42. The lowest BCUT2D eigenvalue weighted by Gasteiger charge is -2.32. The van der Waals surface area contributed by atoms with Gasteiger partial charge in [0.05, 0.1) is 12.6 Å². The van der Waals surface area contributed by atoms with Gasteiger partial charge in [-0.05, 0) is 46.9 Å². The van der Waals surface area contributed by atoms with E-state index in [0.717, 1.165) is 12.4 Å². The maximum Gasteiger partial charge on any atom is 0.124 e. The molecule has 2 aromatic carbocycles. The molecule has 0 saturated heterocycles. The van der Waals surface area contributed by atoms with Crippen LogP contribution in [0.3, 0.4) is 0 Å². The quantitative estimate of drug-likeness (QED) is 0.793. The molecule has 2 aromatic rings. The van der Waals surface area contributed by atoms with Crippen LogP contribution in [0.15, 0.2) is 48.5 Å². The van der Waals surface area contributed by atoms with Gasteiger partial charge in [0.2, 0.25) is 0 Å². The van der Waals surface area contributed by atoms with Gasteiger partial charge in [-0.2, -0.15) is 0 Å². The molecule has 0 aliphatic carbocycles. The summed E-state index contributed by atoms with van der Waals surface area (Å²) in [5, 5.41) is 3.64. The monoisotopic (exact) mass is 365 g/mol. The van der Waals surface area contributed by atoms with Crippen molar-refractivity contribution in [2.75, 3.05) is 11.9 Å². The van der Waals surface area contributed by atoms with Gasteiger partial charge >= 0.3 is 0 Å². The lowest BCUT2D eigenvalue weighted by Crippen LogP contribution is -2.28. The van der Waals surface area contributed by atoms with E-state index in [1.807, 2.05) is 12.1 Å². The SMILES string of the molecule is CC1COc2ccccc2C1Nc1cccc(I)c1. The van der Waals surface area contributed by atoms with Crippen molar-refractivity contribution in [2.24, 2.45) is 5.92 Å². The minimum atomic E-state index is 0.308. The molecule has 2 unspecified atom stereocenters. The molecule has 0 radical (unpaired) electrons. The van der Waals surface area contributed by atoms with Crippen LogP contribution in [0, 0.1) is 9.49 Å². The molecular weight excluding hydrogens is 349 g/mol. The van der Waals surface area contributed by atoms with Crippen LogP contribution in [0.1, 0.15) is 18.5 Å². The van der Waals surface area contributed by atoms with Gasteiger partial charge in [0, 0.05) is 20.7 Å². The first-order valence-electron chi connectivity index (χ1n) is 6.48. The fourth-order valence-electron chi connectivity index (χ4n) is 2.47. The van der Waals surface area contributed by atoms with Crippen LogP contribution in [0.25, 0.3) is 0 Å². The zero-order chi connectivity index (χ0) is 13.2. The first-order valence-corrected chi connectivity index (χ1v) is 7.56. The first-order chi connectivity index (χ1) is 9.24. The number of halogens is 1. The molecule has 0 aromatic heterocycles. The van der Waals surface area contributed by atoms with E-state index in [2.05, 4.69) is 71.2 Å². The predicted molar refractivity (Wildman–Crippen MR) is 86.6 cm³/mol. The van der Waals surface area contributed by atoms with Gasteiger partial charge in [-0.3, -0.25) is 0 Å². The number of ether oxygens (including phenoxy) is 1. The highest BCUT2D eigenvalue weighted by atomic mass is 127. The van der Waals surface area contributed by atoms with Gasteiger partial charge in [0.25, 0.3) is 0 Å². The highest BCUT2D eigenvalue weighted by Gasteiger charge is 2.27. The first kappa shape index (κ1) is 12.8. The van der Waals surface area contributed by atoms with Gasteiger partial charge < -0.3 is 10.1 Å². The Morgan fingerprint density at radius 1 is 1.16 bits per heavy atom. The number of anilines is 1. The minimum Gasteiger partial charge on any atom is -0.493 e. The van der Waals surface area contributed by atoms with Gasteiger partial charge in [-0.1, -0.05) is 31.2 Å². The summed E-state index contributed by atoms with van der Waals surface area (Å²) in [6, 6.07) is 17.1. The number of rotatable bonds is 2. The predicted octanol–water partition coefficient (Wildman–Crippen LogP) is 4.47. The highest BCUT2D eigenvalue weighted by Crippen LogP contribution is 2.37. The molecule has 0 spiro atoms. The van der Waals surface area contributed by atoms with Crippen molar-refractivity contribution < 1.29 is 4.74 Å². The summed E-state index contributed by atoms with van der Waals surface area (Å²) in [5.74, 6) is 1.46. The summed E-state index contributed by atoms with van der Waals surface area (Å²) >= 11 is 2.34. The second kappa shape index (κ2) is 5.41. The van der Waals surface area contributed by atoms with Crippen LogP contribution in [-0.4, -0.2) is 6.61 Å². The maximum atomic E-state index is 5.79. The number of para-hydroxylation sites is 1. The van der Waals surface area contributed by atoms with Crippen LogP contribution in [0.4, 0.5) is 5.69 Å². The second-order valence-corrected chi connectivity index (χ2v) is 6.20. The van der Waals surface area contributed by atoms with Crippen LogP contribution in [0.2, 0.25) is 0 Å². The molecule has 1 heterocycles. The van der Waals surface area contributed by atoms with E-state index >= 15 is 0 Å². The van der Waals surface area contributed by atoms with Crippen molar-refractivity contribution in [3.05, 3.63) is 57.7 Å². The molecule has 0 bridgehead atoms. The summed E-state index contributed by atoms with van der Waals surface area (Å²) in [6.45, 7) is 2.99. The molecule has 2 nitrogen and oxygen atoms in total. The van der Waals surface area contributed by atoms with E-state index in [0.29, 0.717) is 12.0 Å². The third-order valence-electron chi connectivity index (χ3n) is 3.47. The number of hydrogen-bond acceptors (Lipinski definition) is 2. The molecule has 1 aliphatic rings. The number of nitrogens with one attached hydrogen (secondary N) is 1. The Kier molecular flexibility index (Phi) is 3.64. The molecule has 0 fully saturated rings. The Labute approximate surface area is 127 Å². The molecule has 1 aliphatic heterocycles. The zero-order valence-electron chi connectivity index (χ0n) is 10.8. The number of benzene rings is 2. The van der Waals surface area contributed by atoms with E-state index in [1.54, 1.807) is 0 Å². The molecule has 2 atom stereocenters. The van der Waals surface area contributed by atoms with Crippen LogP contribution in [0.5, 0.6) is 5.75 Å². The average molecular weight is 365 g/mol. The van der Waals surface area contributed by atoms with E-state index in [9.17, 15) is 0 Å². The van der Waals surface area contributed by atoms with Crippen molar-refractivity contribution in [2.45, 2.75) is 13.0 Å². The lowest BCUT2D eigenvalue weighted by molar-refractivity contribution is 0.214. The van der Waals surface area contributed by atoms with Crippen LogP contribution >= 0.6 is 22.6 Å². The van der Waals surface area contributed by atoms with E-state index in [-0.39, 0.29) is 0 Å². The summed E-state index contributed by atoms with van der Waals surface area (Å²) in [5.41, 5.74) is 2.42. The Morgan fingerprint density at radius 2 is 2.00 bits per heavy atom. The third-order valence-corrected chi connectivity index (χ3v) is 4.14. The largest absolute Gasteiger partial charge is 0.493 e. The number of hydrogen-bond donors (Lipinski definition) is 1. The zero-order valence-corrected chi connectivity index (χ0v) is 12.9. The molecule has 1 N–H and O–H groups in total. The fraction of sp³-hybridized carbons (Fsp3) is 0.250. The van der Waals surface area contributed by atoms with Gasteiger partial charge in [-0.25, -0.2) is 0 Å². The van der Waals surface area contributed by atoms with Crippen molar-refractivity contribution in [3.8, 4) is 5.75 Å². The maximum absolute atomic E-state index is 5.79. The summed E-state index contributed by atoms with van der Waals surface area (Å²) < 4.78 is 7.03. The Morgan fingerprint density at radius 3 is 2.84 bits per heavy atom. The molecule has 98 valence electrons. The lowest BCUT2D eigenvalue weighted by atomic mass is 9.92. The Balaban J connectivity index is 1.91. The molecule has 19 heavy (non-hydrogen) atoms. The molecular formula is C16H16INO. The smallest absolute Gasteiger partial charge is 0.124 e. The standard InChI is InChI=1S/C16H16INO/c1-11-10-19-15-8-3-2-7-14(15)16(11)18-13-6-4-5-12(17)9-13/h2-9,11,16,18H,10H2,1H3. The highest BCUT2D eigenvalue weighted by molar-refractivity contribution is 14.1. The van der Waals surface area contributed by atoms with Crippen molar-refractivity contribution in [1.82, 2.24) is 0 Å². The molecule has 3 heteroatoms. The molecule has 0 amide bonds. The summed E-state index contributed by atoms with van der Waals surface area (Å²) in [7, 11) is 0. The normalized spacial score (nSPS) is 21.4. The van der Waals surface area contributed by atoms with Gasteiger partial charge in [0.1, 0.15) is 5.75 Å². The van der Waals surface area contributed by atoms with Crippen molar-refractivity contribution in [1.29, 1.82) is 0 Å². The van der Waals surface area contributed by atoms with E-state index in [1.165, 1.54) is 14.8 Å². The van der Waals surface area contributed by atoms with Crippen molar-refractivity contribution >= 4 is 28.3 Å². The summed E-state index contributed by atoms with van der Waals surface area (Å²) in [4.78, 5) is 0. The van der Waals surface area contributed by atoms with Crippen LogP contribution < -0.4 is 10.1 Å². The summed E-state index contributed by atoms with van der Waals surface area (Å²) in [6.07, 6.45) is 0. The Bertz CT molecular complexity index is 584. The van der Waals surface area contributed by atoms with Gasteiger partial charge in [0.15, 0.2) is 0 Å². The Hall–Kier alpha value is -1.23. The molecule has 0 saturated carbocycles. The third kappa shape index (κ3) is 2.71. The minimum absolute atomic E-state index is 0.308. The van der Waals surface area contributed by atoms with E-state index in [4.69, 9.17) is 4.74 Å².